The second-order valence-electron chi connectivity index (χ2n) is 4.69. The topological polar surface area (TPSA) is 12.0 Å². The van der Waals surface area contributed by atoms with Crippen molar-refractivity contribution in [2.24, 2.45) is 0 Å². The molecule has 0 spiro atoms. The molecule has 0 aliphatic rings. The van der Waals surface area contributed by atoms with Gasteiger partial charge < -0.3 is 5.32 Å². The fourth-order valence-electron chi connectivity index (χ4n) is 1.95. The summed E-state index contributed by atoms with van der Waals surface area (Å²) < 4.78 is 2.13. The van der Waals surface area contributed by atoms with E-state index in [0.29, 0.717) is 6.04 Å². The van der Waals surface area contributed by atoms with Crippen molar-refractivity contribution in [3.63, 3.8) is 0 Å². The maximum Gasteiger partial charge on any atom is 0.0449 e. The molecule has 1 nitrogen and oxygen atoms in total. The SMILES string of the molecule is CNC(CSc1cccc(Br)c1)Cc1ccc(Br)cc1Cl. The number of hydrogen-bond donors (Lipinski definition) is 1. The zero-order valence-electron chi connectivity index (χ0n) is 11.6. The average Bonchev–Trinajstić information content (AvgIpc) is 2.45. The van der Waals surface area contributed by atoms with Crippen LogP contribution in [0.1, 0.15) is 5.56 Å². The largest absolute Gasteiger partial charge is 0.316 e. The number of halogens is 3. The minimum Gasteiger partial charge on any atom is -0.316 e. The molecule has 0 bridgehead atoms. The normalized spacial score (nSPS) is 12.4. The Hall–Kier alpha value is -0.0000000000000000555. The van der Waals surface area contributed by atoms with Gasteiger partial charge in [-0.2, -0.15) is 0 Å². The lowest BCUT2D eigenvalue weighted by atomic mass is 10.1. The van der Waals surface area contributed by atoms with E-state index in [1.54, 1.807) is 0 Å². The quantitative estimate of drug-likeness (QED) is 0.561. The van der Waals surface area contributed by atoms with Gasteiger partial charge in [-0.05, 0) is 49.4 Å². The molecule has 0 saturated heterocycles. The maximum absolute atomic E-state index is 6.30. The van der Waals surface area contributed by atoms with Crippen LogP contribution in [-0.2, 0) is 6.42 Å². The van der Waals surface area contributed by atoms with Crippen LogP contribution in [0.25, 0.3) is 0 Å². The van der Waals surface area contributed by atoms with Crippen LogP contribution in [0.3, 0.4) is 0 Å². The molecule has 1 unspecified atom stereocenters. The molecule has 0 amide bonds. The fourth-order valence-corrected chi connectivity index (χ4v) is 4.32. The van der Waals surface area contributed by atoms with E-state index in [1.807, 2.05) is 37.0 Å². The third kappa shape index (κ3) is 5.61. The minimum absolute atomic E-state index is 0.382. The summed E-state index contributed by atoms with van der Waals surface area (Å²) in [5.74, 6) is 0.999. The summed E-state index contributed by atoms with van der Waals surface area (Å²) in [7, 11) is 2.00. The number of hydrogen-bond acceptors (Lipinski definition) is 2. The van der Waals surface area contributed by atoms with Gasteiger partial charge in [0.05, 0.1) is 0 Å². The lowest BCUT2D eigenvalue weighted by molar-refractivity contribution is 0.617. The van der Waals surface area contributed by atoms with Gasteiger partial charge >= 0.3 is 0 Å². The molecule has 5 heteroatoms. The molecule has 2 aromatic rings. The van der Waals surface area contributed by atoms with Gasteiger partial charge in [0.2, 0.25) is 0 Å². The van der Waals surface area contributed by atoms with Crippen molar-refractivity contribution in [3.8, 4) is 0 Å². The number of rotatable bonds is 6. The van der Waals surface area contributed by atoms with Crippen molar-refractivity contribution in [3.05, 3.63) is 62.0 Å². The molecule has 1 atom stereocenters. The van der Waals surface area contributed by atoms with Crippen LogP contribution < -0.4 is 5.32 Å². The number of nitrogens with one attached hydrogen (secondary N) is 1. The first-order chi connectivity index (χ1) is 10.1. The molecule has 0 fully saturated rings. The molecule has 0 heterocycles. The Morgan fingerprint density at radius 1 is 1.14 bits per heavy atom. The predicted octanol–water partition coefficient (Wildman–Crippen LogP) is 5.79. The number of benzene rings is 2. The molecule has 1 N–H and O–H groups in total. The summed E-state index contributed by atoms with van der Waals surface area (Å²) in [6.45, 7) is 0. The van der Waals surface area contributed by atoms with Crippen LogP contribution >= 0.6 is 55.2 Å². The molecule has 0 radical (unpaired) electrons. The monoisotopic (exact) mass is 447 g/mol. The molecule has 0 aliphatic carbocycles. The van der Waals surface area contributed by atoms with Crippen LogP contribution in [0, 0.1) is 0 Å². The van der Waals surface area contributed by atoms with Crippen molar-refractivity contribution in [1.29, 1.82) is 0 Å². The van der Waals surface area contributed by atoms with E-state index in [2.05, 4.69) is 61.4 Å². The Labute approximate surface area is 152 Å². The Morgan fingerprint density at radius 3 is 2.57 bits per heavy atom. The van der Waals surface area contributed by atoms with Gasteiger partial charge in [0.1, 0.15) is 0 Å². The van der Waals surface area contributed by atoms with Gasteiger partial charge in [-0.3, -0.25) is 0 Å². The van der Waals surface area contributed by atoms with Crippen molar-refractivity contribution < 1.29 is 0 Å². The predicted molar refractivity (Wildman–Crippen MR) is 101 cm³/mol. The third-order valence-electron chi connectivity index (χ3n) is 3.14. The van der Waals surface area contributed by atoms with Gasteiger partial charge in [-0.25, -0.2) is 0 Å². The molecule has 2 rings (SSSR count). The van der Waals surface area contributed by atoms with Crippen molar-refractivity contribution >= 4 is 55.2 Å². The van der Waals surface area contributed by atoms with E-state index in [9.17, 15) is 0 Å². The van der Waals surface area contributed by atoms with Crippen LogP contribution in [0.4, 0.5) is 0 Å². The lowest BCUT2D eigenvalue weighted by Crippen LogP contribution is -2.30. The molecule has 0 aromatic heterocycles. The van der Waals surface area contributed by atoms with Gasteiger partial charge in [0.15, 0.2) is 0 Å². The van der Waals surface area contributed by atoms with Gasteiger partial charge in [0, 0.05) is 30.7 Å². The van der Waals surface area contributed by atoms with Crippen molar-refractivity contribution in [2.45, 2.75) is 17.4 Å². The second-order valence-corrected chi connectivity index (χ2v) is 8.03. The Bertz CT molecular complexity index is 607. The fraction of sp³-hybridized carbons (Fsp3) is 0.250. The number of likely N-dealkylation sites (N-methyl/N-ethyl adjacent to an activating group) is 1. The summed E-state index contributed by atoms with van der Waals surface area (Å²) in [6, 6.07) is 14.8. The van der Waals surface area contributed by atoms with Crippen LogP contribution in [0.5, 0.6) is 0 Å². The highest BCUT2D eigenvalue weighted by atomic mass is 79.9. The van der Waals surface area contributed by atoms with E-state index < -0.39 is 0 Å². The molecular formula is C16H16Br2ClNS. The minimum atomic E-state index is 0.382. The van der Waals surface area contributed by atoms with E-state index in [-0.39, 0.29) is 0 Å². The van der Waals surface area contributed by atoms with E-state index in [1.165, 1.54) is 10.5 Å². The lowest BCUT2D eigenvalue weighted by Gasteiger charge is -2.17. The van der Waals surface area contributed by atoms with E-state index in [4.69, 9.17) is 11.6 Å². The molecule has 2 aromatic carbocycles. The summed E-state index contributed by atoms with van der Waals surface area (Å²) in [4.78, 5) is 1.27. The first kappa shape index (κ1) is 17.4. The number of thioether (sulfide) groups is 1. The van der Waals surface area contributed by atoms with Crippen LogP contribution in [0.2, 0.25) is 5.02 Å². The Kier molecular flexibility index (Phi) is 7.10. The van der Waals surface area contributed by atoms with Gasteiger partial charge in [-0.15, -0.1) is 11.8 Å². The molecule has 0 saturated carbocycles. The van der Waals surface area contributed by atoms with Crippen LogP contribution in [0.15, 0.2) is 56.3 Å². The molecular weight excluding hydrogens is 434 g/mol. The van der Waals surface area contributed by atoms with E-state index >= 15 is 0 Å². The van der Waals surface area contributed by atoms with Crippen molar-refractivity contribution in [2.75, 3.05) is 12.8 Å². The summed E-state index contributed by atoms with van der Waals surface area (Å²) in [5, 5.41) is 4.19. The summed E-state index contributed by atoms with van der Waals surface area (Å²) >= 11 is 15.1. The van der Waals surface area contributed by atoms with Crippen LogP contribution in [-0.4, -0.2) is 18.8 Å². The molecule has 0 aliphatic heterocycles. The Balaban J connectivity index is 1.97. The summed E-state index contributed by atoms with van der Waals surface area (Å²) in [5.41, 5.74) is 1.18. The molecule has 112 valence electrons. The first-order valence-corrected chi connectivity index (χ1v) is 9.53. The van der Waals surface area contributed by atoms with Crippen molar-refractivity contribution in [1.82, 2.24) is 5.32 Å². The zero-order valence-corrected chi connectivity index (χ0v) is 16.3. The molecule has 21 heavy (non-hydrogen) atoms. The average molecular weight is 450 g/mol. The Morgan fingerprint density at radius 2 is 1.90 bits per heavy atom. The third-order valence-corrected chi connectivity index (χ3v) is 5.63. The maximum atomic E-state index is 6.30. The highest BCUT2D eigenvalue weighted by Crippen LogP contribution is 2.26. The highest BCUT2D eigenvalue weighted by molar-refractivity contribution is 9.10. The van der Waals surface area contributed by atoms with Gasteiger partial charge in [-0.1, -0.05) is 55.6 Å². The second kappa shape index (κ2) is 8.59. The standard InChI is InChI=1S/C16H16Br2ClNS/c1-20-14(7-11-5-6-13(18)9-16(11)19)10-21-15-4-2-3-12(17)8-15/h2-6,8-9,14,20H,7,10H2,1H3. The van der Waals surface area contributed by atoms with E-state index in [0.717, 1.165) is 26.1 Å². The summed E-state index contributed by atoms with van der Waals surface area (Å²) in [6.07, 6.45) is 0.920. The highest BCUT2D eigenvalue weighted by Gasteiger charge is 2.11. The zero-order chi connectivity index (χ0) is 15.2. The smallest absolute Gasteiger partial charge is 0.0449 e. The first-order valence-electron chi connectivity index (χ1n) is 6.58. The van der Waals surface area contributed by atoms with Gasteiger partial charge in [0.25, 0.3) is 0 Å².